The van der Waals surface area contributed by atoms with E-state index in [1.54, 1.807) is 0 Å². The molecule has 0 saturated heterocycles. The molecule has 0 fully saturated rings. The Bertz CT molecular complexity index is 266. The molecule has 0 aliphatic heterocycles. The van der Waals surface area contributed by atoms with Crippen molar-refractivity contribution < 1.29 is 0 Å². The molecule has 1 heteroatoms. The largest absolute Gasteiger partial charge is 0.324 e. The van der Waals surface area contributed by atoms with E-state index < -0.39 is 0 Å². The lowest BCUT2D eigenvalue weighted by Gasteiger charge is -2.12. The van der Waals surface area contributed by atoms with Crippen molar-refractivity contribution in [3.63, 3.8) is 0 Å². The smallest absolute Gasteiger partial charge is 0.0292 e. The lowest BCUT2D eigenvalue weighted by atomic mass is 9.97. The maximum atomic E-state index is 5.96. The number of benzene rings is 1. The van der Waals surface area contributed by atoms with Crippen LogP contribution in [0.2, 0.25) is 0 Å². The number of rotatable bonds is 3. The predicted octanol–water partition coefficient (Wildman–Crippen LogP) is 3.22. The minimum Gasteiger partial charge on any atom is -0.324 e. The van der Waals surface area contributed by atoms with Crippen LogP contribution in [0.1, 0.15) is 50.3 Å². The first kappa shape index (κ1) is 10.3. The third-order valence-corrected chi connectivity index (χ3v) is 2.45. The van der Waals surface area contributed by atoms with Crippen LogP contribution in [0.4, 0.5) is 0 Å². The fourth-order valence-electron chi connectivity index (χ4n) is 1.38. The summed E-state index contributed by atoms with van der Waals surface area (Å²) in [5, 5.41) is 0. The summed E-state index contributed by atoms with van der Waals surface area (Å²) in [6.45, 7) is 6.53. The molecular weight excluding hydrogens is 158 g/mol. The van der Waals surface area contributed by atoms with Gasteiger partial charge < -0.3 is 5.73 Å². The van der Waals surface area contributed by atoms with E-state index in [0.717, 1.165) is 6.42 Å². The number of hydrogen-bond acceptors (Lipinski definition) is 1. The Kier molecular flexibility index (Phi) is 3.49. The summed E-state index contributed by atoms with van der Waals surface area (Å²) < 4.78 is 0. The van der Waals surface area contributed by atoms with Gasteiger partial charge >= 0.3 is 0 Å². The van der Waals surface area contributed by atoms with Gasteiger partial charge in [0, 0.05) is 6.04 Å². The third kappa shape index (κ3) is 2.56. The number of nitrogens with two attached hydrogens (primary N) is 1. The Balaban J connectivity index is 2.91. The fourth-order valence-corrected chi connectivity index (χ4v) is 1.38. The van der Waals surface area contributed by atoms with Crippen LogP contribution in [0.25, 0.3) is 0 Å². The second-order valence-corrected chi connectivity index (χ2v) is 3.84. The van der Waals surface area contributed by atoms with Crippen molar-refractivity contribution in [1.82, 2.24) is 0 Å². The van der Waals surface area contributed by atoms with E-state index in [4.69, 9.17) is 5.73 Å². The monoisotopic (exact) mass is 177 g/mol. The average molecular weight is 177 g/mol. The van der Waals surface area contributed by atoms with E-state index in [1.165, 1.54) is 11.1 Å². The molecule has 0 aliphatic rings. The highest BCUT2D eigenvalue weighted by atomic mass is 14.6. The van der Waals surface area contributed by atoms with Crippen LogP contribution in [0.5, 0.6) is 0 Å². The van der Waals surface area contributed by atoms with Crippen LogP contribution in [0.3, 0.4) is 0 Å². The van der Waals surface area contributed by atoms with Gasteiger partial charge in [-0.1, -0.05) is 45.0 Å². The molecule has 0 heterocycles. The predicted molar refractivity (Wildman–Crippen MR) is 57.8 cm³/mol. The van der Waals surface area contributed by atoms with Gasteiger partial charge in [0.2, 0.25) is 0 Å². The molecule has 0 aliphatic carbocycles. The summed E-state index contributed by atoms with van der Waals surface area (Å²) in [5.41, 5.74) is 8.60. The normalized spacial score (nSPS) is 13.3. The molecule has 1 rings (SSSR count). The highest BCUT2D eigenvalue weighted by molar-refractivity contribution is 5.27. The van der Waals surface area contributed by atoms with Crippen molar-refractivity contribution in [3.8, 4) is 0 Å². The minimum atomic E-state index is 0.193. The van der Waals surface area contributed by atoms with E-state index in [2.05, 4.69) is 45.0 Å². The molecule has 72 valence electrons. The second kappa shape index (κ2) is 4.43. The average Bonchev–Trinajstić information content (AvgIpc) is 2.17. The van der Waals surface area contributed by atoms with Gasteiger partial charge in [-0.3, -0.25) is 0 Å². The molecule has 0 amide bonds. The van der Waals surface area contributed by atoms with Crippen LogP contribution in [0, 0.1) is 0 Å². The molecule has 13 heavy (non-hydrogen) atoms. The van der Waals surface area contributed by atoms with E-state index in [-0.39, 0.29) is 6.04 Å². The summed E-state index contributed by atoms with van der Waals surface area (Å²) in [6, 6.07) is 8.79. The Morgan fingerprint density at radius 1 is 1.23 bits per heavy atom. The molecule has 1 aromatic carbocycles. The Labute approximate surface area is 81.0 Å². The Hall–Kier alpha value is -0.820. The van der Waals surface area contributed by atoms with Gasteiger partial charge in [0.25, 0.3) is 0 Å². The zero-order chi connectivity index (χ0) is 9.84. The Morgan fingerprint density at radius 2 is 1.85 bits per heavy atom. The topological polar surface area (TPSA) is 26.0 Å². The van der Waals surface area contributed by atoms with Gasteiger partial charge in [-0.15, -0.1) is 0 Å². The van der Waals surface area contributed by atoms with Crippen molar-refractivity contribution in [2.75, 3.05) is 0 Å². The lowest BCUT2D eigenvalue weighted by Crippen LogP contribution is -2.08. The van der Waals surface area contributed by atoms with Crippen molar-refractivity contribution in [1.29, 1.82) is 0 Å². The van der Waals surface area contributed by atoms with Crippen molar-refractivity contribution in [2.45, 2.75) is 39.2 Å². The highest BCUT2D eigenvalue weighted by Gasteiger charge is 2.05. The molecule has 1 nitrogen and oxygen atoms in total. The Morgan fingerprint density at radius 3 is 2.38 bits per heavy atom. The molecule has 0 spiro atoms. The van der Waals surface area contributed by atoms with Gasteiger partial charge in [0.15, 0.2) is 0 Å². The maximum Gasteiger partial charge on any atom is 0.0292 e. The minimum absolute atomic E-state index is 0.193. The zero-order valence-corrected chi connectivity index (χ0v) is 8.75. The standard InChI is InChI=1S/C12H19N/c1-4-12(13)11-7-5-6-10(8-11)9(2)3/h5-9,12H,4,13H2,1-3H3/t12-/m0/s1. The molecule has 0 unspecified atom stereocenters. The molecule has 0 saturated carbocycles. The van der Waals surface area contributed by atoms with Gasteiger partial charge in [0.05, 0.1) is 0 Å². The highest BCUT2D eigenvalue weighted by Crippen LogP contribution is 2.20. The van der Waals surface area contributed by atoms with Gasteiger partial charge in [-0.2, -0.15) is 0 Å². The van der Waals surface area contributed by atoms with Crippen LogP contribution in [0.15, 0.2) is 24.3 Å². The fraction of sp³-hybridized carbons (Fsp3) is 0.500. The van der Waals surface area contributed by atoms with Crippen LogP contribution in [-0.2, 0) is 0 Å². The SMILES string of the molecule is CC[C@H](N)c1cccc(C(C)C)c1. The molecule has 0 aromatic heterocycles. The third-order valence-electron chi connectivity index (χ3n) is 2.45. The summed E-state index contributed by atoms with van der Waals surface area (Å²) in [4.78, 5) is 0. The summed E-state index contributed by atoms with van der Waals surface area (Å²) in [7, 11) is 0. The van der Waals surface area contributed by atoms with Crippen LogP contribution in [-0.4, -0.2) is 0 Å². The summed E-state index contributed by atoms with van der Waals surface area (Å²) in [5.74, 6) is 0.587. The van der Waals surface area contributed by atoms with E-state index in [9.17, 15) is 0 Å². The van der Waals surface area contributed by atoms with Crippen LogP contribution >= 0.6 is 0 Å². The van der Waals surface area contributed by atoms with Crippen molar-refractivity contribution in [3.05, 3.63) is 35.4 Å². The molecule has 0 bridgehead atoms. The van der Waals surface area contributed by atoms with Gasteiger partial charge in [-0.25, -0.2) is 0 Å². The first-order valence-electron chi connectivity index (χ1n) is 5.00. The maximum absolute atomic E-state index is 5.96. The van der Waals surface area contributed by atoms with E-state index in [0.29, 0.717) is 5.92 Å². The van der Waals surface area contributed by atoms with Gasteiger partial charge in [0.1, 0.15) is 0 Å². The molecule has 2 N–H and O–H groups in total. The molecular formula is C12H19N. The summed E-state index contributed by atoms with van der Waals surface area (Å²) in [6.07, 6.45) is 1.00. The lowest BCUT2D eigenvalue weighted by molar-refractivity contribution is 0.695. The second-order valence-electron chi connectivity index (χ2n) is 3.84. The first-order valence-corrected chi connectivity index (χ1v) is 5.00. The zero-order valence-electron chi connectivity index (χ0n) is 8.75. The first-order chi connectivity index (χ1) is 6.15. The molecule has 1 atom stereocenters. The van der Waals surface area contributed by atoms with Gasteiger partial charge in [-0.05, 0) is 23.5 Å². The van der Waals surface area contributed by atoms with Crippen LogP contribution < -0.4 is 5.73 Å². The molecule has 1 aromatic rings. The van der Waals surface area contributed by atoms with E-state index >= 15 is 0 Å². The quantitative estimate of drug-likeness (QED) is 0.753. The number of hydrogen-bond donors (Lipinski definition) is 1. The van der Waals surface area contributed by atoms with Crippen molar-refractivity contribution in [2.24, 2.45) is 5.73 Å². The molecule has 0 radical (unpaired) electrons. The summed E-state index contributed by atoms with van der Waals surface area (Å²) >= 11 is 0. The van der Waals surface area contributed by atoms with E-state index in [1.807, 2.05) is 0 Å². The van der Waals surface area contributed by atoms with Crippen molar-refractivity contribution >= 4 is 0 Å².